The van der Waals surface area contributed by atoms with Crippen molar-refractivity contribution >= 4 is 11.9 Å². The van der Waals surface area contributed by atoms with Crippen LogP contribution in [0.4, 0.5) is 0 Å². The van der Waals surface area contributed by atoms with Crippen molar-refractivity contribution in [2.75, 3.05) is 6.61 Å². The number of carboxylic acid groups (broad SMARTS) is 2. The molecule has 0 aromatic carbocycles. The number of carboxylic acids is 2. The molecule has 0 radical (unpaired) electrons. The zero-order valence-electron chi connectivity index (χ0n) is 7.38. The predicted molar refractivity (Wildman–Crippen MR) is 45.7 cm³/mol. The quantitative estimate of drug-likeness (QED) is 0.422. The van der Waals surface area contributed by atoms with Crippen molar-refractivity contribution in [3.8, 4) is 0 Å². The van der Waals surface area contributed by atoms with Gasteiger partial charge in [0.25, 0.3) is 0 Å². The normalized spacial score (nSPS) is 13.7. The minimum atomic E-state index is -1.31. The molecule has 0 aromatic rings. The summed E-state index contributed by atoms with van der Waals surface area (Å²) < 4.78 is 0. The predicted octanol–water partition coefficient (Wildman–Crippen LogP) is -0.785. The highest BCUT2D eigenvalue weighted by Crippen LogP contribution is 2.08. The molecule has 0 aliphatic rings. The number of hydrogen-bond acceptors (Lipinski definition) is 4. The fourth-order valence-corrected chi connectivity index (χ4v) is 0.836. The SMILES string of the molecule is O=C(O)CC=C(CC(=O)O)C(O)CO. The Hall–Kier alpha value is -1.40. The highest BCUT2D eigenvalue weighted by Gasteiger charge is 2.13. The second kappa shape index (κ2) is 6.11. The van der Waals surface area contributed by atoms with Crippen LogP contribution in [0.5, 0.6) is 0 Å². The molecule has 1 unspecified atom stereocenters. The van der Waals surface area contributed by atoms with Crippen LogP contribution in [0.15, 0.2) is 11.6 Å². The molecule has 6 heteroatoms. The molecule has 80 valence electrons. The van der Waals surface area contributed by atoms with E-state index in [9.17, 15) is 9.59 Å². The average Bonchev–Trinajstić information content (AvgIpc) is 2.10. The lowest BCUT2D eigenvalue weighted by molar-refractivity contribution is -0.137. The van der Waals surface area contributed by atoms with Gasteiger partial charge in [-0.05, 0) is 5.57 Å². The molecule has 4 N–H and O–H groups in total. The smallest absolute Gasteiger partial charge is 0.307 e. The molecular formula is C8H12O6. The maximum Gasteiger partial charge on any atom is 0.307 e. The van der Waals surface area contributed by atoms with Gasteiger partial charge < -0.3 is 20.4 Å². The maximum atomic E-state index is 10.3. The monoisotopic (exact) mass is 204 g/mol. The highest BCUT2D eigenvalue weighted by molar-refractivity contribution is 5.72. The second-order valence-electron chi connectivity index (χ2n) is 2.65. The molecular weight excluding hydrogens is 192 g/mol. The van der Waals surface area contributed by atoms with Gasteiger partial charge in [-0.15, -0.1) is 0 Å². The summed E-state index contributed by atoms with van der Waals surface area (Å²) in [6, 6.07) is 0. The van der Waals surface area contributed by atoms with Gasteiger partial charge in [0, 0.05) is 0 Å². The summed E-state index contributed by atoms with van der Waals surface area (Å²) in [6.07, 6.45) is -1.07. The van der Waals surface area contributed by atoms with Crippen LogP contribution in [0.25, 0.3) is 0 Å². The lowest BCUT2D eigenvalue weighted by Gasteiger charge is -2.09. The Morgan fingerprint density at radius 1 is 1.21 bits per heavy atom. The summed E-state index contributed by atoms with van der Waals surface area (Å²) in [5, 5.41) is 34.4. The Bertz CT molecular complexity index is 244. The molecule has 0 fully saturated rings. The van der Waals surface area contributed by atoms with E-state index >= 15 is 0 Å². The third kappa shape index (κ3) is 5.28. The lowest BCUT2D eigenvalue weighted by atomic mass is 10.1. The van der Waals surface area contributed by atoms with Gasteiger partial charge in [-0.3, -0.25) is 9.59 Å². The van der Waals surface area contributed by atoms with Crippen molar-refractivity contribution in [1.82, 2.24) is 0 Å². The van der Waals surface area contributed by atoms with E-state index in [0.29, 0.717) is 0 Å². The van der Waals surface area contributed by atoms with Crippen molar-refractivity contribution in [2.45, 2.75) is 18.9 Å². The van der Waals surface area contributed by atoms with Gasteiger partial charge in [0.1, 0.15) is 0 Å². The first-order chi connectivity index (χ1) is 6.47. The highest BCUT2D eigenvalue weighted by atomic mass is 16.4. The Kier molecular flexibility index (Phi) is 5.50. The van der Waals surface area contributed by atoms with Gasteiger partial charge in [0.2, 0.25) is 0 Å². The van der Waals surface area contributed by atoms with Gasteiger partial charge >= 0.3 is 11.9 Å². The first kappa shape index (κ1) is 12.6. The molecule has 0 saturated heterocycles. The van der Waals surface area contributed by atoms with Crippen molar-refractivity contribution in [3.05, 3.63) is 11.6 Å². The van der Waals surface area contributed by atoms with Gasteiger partial charge in [-0.1, -0.05) is 6.08 Å². The minimum Gasteiger partial charge on any atom is -0.481 e. The summed E-state index contributed by atoms with van der Waals surface area (Å²) in [6.45, 7) is -0.626. The summed E-state index contributed by atoms with van der Waals surface area (Å²) >= 11 is 0. The third-order valence-corrected chi connectivity index (χ3v) is 1.50. The second-order valence-corrected chi connectivity index (χ2v) is 2.65. The first-order valence-corrected chi connectivity index (χ1v) is 3.88. The number of carbonyl (C=O) groups is 2. The van der Waals surface area contributed by atoms with E-state index in [1.165, 1.54) is 0 Å². The molecule has 0 aromatic heterocycles. The van der Waals surface area contributed by atoms with Crippen LogP contribution in [-0.4, -0.2) is 45.1 Å². The molecule has 0 rings (SSSR count). The minimum absolute atomic E-state index is 0.00222. The number of aliphatic hydroxyl groups is 2. The molecule has 0 bridgehead atoms. The number of hydrogen-bond donors (Lipinski definition) is 4. The average molecular weight is 204 g/mol. The first-order valence-electron chi connectivity index (χ1n) is 3.88. The lowest BCUT2D eigenvalue weighted by Crippen LogP contribution is -2.18. The number of rotatable bonds is 6. The largest absolute Gasteiger partial charge is 0.481 e. The van der Waals surface area contributed by atoms with Crippen LogP contribution in [0.2, 0.25) is 0 Å². The molecule has 0 aliphatic carbocycles. The molecule has 0 aliphatic heterocycles. The van der Waals surface area contributed by atoms with E-state index in [1.54, 1.807) is 0 Å². The van der Waals surface area contributed by atoms with Gasteiger partial charge in [-0.25, -0.2) is 0 Å². The maximum absolute atomic E-state index is 10.3. The Morgan fingerprint density at radius 3 is 2.14 bits per heavy atom. The van der Waals surface area contributed by atoms with Crippen molar-refractivity contribution < 1.29 is 30.0 Å². The molecule has 1 atom stereocenters. The summed E-state index contributed by atoms with van der Waals surface area (Å²) in [7, 11) is 0. The standard InChI is InChI=1S/C8H12O6/c9-4-6(10)5(3-8(13)14)1-2-7(11)12/h1,6,9-10H,2-4H2,(H,11,12)(H,13,14). The van der Waals surface area contributed by atoms with E-state index in [0.717, 1.165) is 6.08 Å². The Morgan fingerprint density at radius 2 is 1.79 bits per heavy atom. The van der Waals surface area contributed by atoms with Crippen LogP contribution in [0.3, 0.4) is 0 Å². The summed E-state index contributed by atoms with van der Waals surface area (Å²) in [5.41, 5.74) is 0.00222. The van der Waals surface area contributed by atoms with Crippen LogP contribution in [0, 0.1) is 0 Å². The van der Waals surface area contributed by atoms with E-state index in [4.69, 9.17) is 20.4 Å². The van der Waals surface area contributed by atoms with E-state index < -0.39 is 31.1 Å². The van der Waals surface area contributed by atoms with Gasteiger partial charge in [-0.2, -0.15) is 0 Å². The van der Waals surface area contributed by atoms with Crippen LogP contribution in [0.1, 0.15) is 12.8 Å². The third-order valence-electron chi connectivity index (χ3n) is 1.50. The molecule has 0 saturated carbocycles. The van der Waals surface area contributed by atoms with Crippen molar-refractivity contribution in [2.24, 2.45) is 0 Å². The molecule has 0 amide bonds. The molecule has 0 heterocycles. The fourth-order valence-electron chi connectivity index (χ4n) is 0.836. The molecule has 0 spiro atoms. The zero-order valence-corrected chi connectivity index (χ0v) is 7.38. The van der Waals surface area contributed by atoms with E-state index in [2.05, 4.69) is 0 Å². The van der Waals surface area contributed by atoms with Crippen molar-refractivity contribution in [1.29, 1.82) is 0 Å². The topological polar surface area (TPSA) is 115 Å². The summed E-state index contributed by atoms with van der Waals surface area (Å²) in [4.78, 5) is 20.5. The zero-order chi connectivity index (χ0) is 11.1. The molecule has 6 nitrogen and oxygen atoms in total. The van der Waals surface area contributed by atoms with Crippen LogP contribution < -0.4 is 0 Å². The Labute approximate surface area is 80.1 Å². The van der Waals surface area contributed by atoms with E-state index in [-0.39, 0.29) is 12.0 Å². The Balaban J connectivity index is 4.45. The fraction of sp³-hybridized carbons (Fsp3) is 0.500. The molecule has 14 heavy (non-hydrogen) atoms. The van der Waals surface area contributed by atoms with Gasteiger partial charge in [0.05, 0.1) is 25.6 Å². The number of aliphatic carboxylic acids is 2. The van der Waals surface area contributed by atoms with Crippen LogP contribution >= 0.6 is 0 Å². The van der Waals surface area contributed by atoms with Crippen molar-refractivity contribution in [3.63, 3.8) is 0 Å². The van der Waals surface area contributed by atoms with Crippen LogP contribution in [-0.2, 0) is 9.59 Å². The summed E-state index contributed by atoms with van der Waals surface area (Å²) in [5.74, 6) is -2.31. The van der Waals surface area contributed by atoms with Gasteiger partial charge in [0.15, 0.2) is 0 Å². The number of aliphatic hydroxyl groups excluding tert-OH is 2. The van der Waals surface area contributed by atoms with E-state index in [1.807, 2.05) is 0 Å².